The number of oxime groups is 1. The molecule has 108 valence electrons. The first-order valence-corrected chi connectivity index (χ1v) is 6.10. The van der Waals surface area contributed by atoms with Gasteiger partial charge in [-0.25, -0.2) is 4.39 Å². The molecule has 2 aromatic rings. The van der Waals surface area contributed by atoms with Gasteiger partial charge in [0.05, 0.1) is 11.3 Å². The van der Waals surface area contributed by atoms with E-state index in [-0.39, 0.29) is 5.56 Å². The summed E-state index contributed by atoms with van der Waals surface area (Å²) < 4.78 is 12.9. The summed E-state index contributed by atoms with van der Waals surface area (Å²) in [7, 11) is 0. The molecule has 0 heterocycles. The number of nitrogens with zero attached hydrogens (tertiary/aromatic N) is 1. The lowest BCUT2D eigenvalue weighted by Gasteiger charge is -2.08. The second-order valence-corrected chi connectivity index (χ2v) is 4.38. The Bertz CT molecular complexity index is 714. The standard InChI is InChI=1S/C15H13FN2O3/c1-9(18-21)10-3-2-4-12(7-10)17-15(20)13-6-5-11(16)8-14(13)19/h2-8,19,21H,1H3,(H,17,20)/b18-9-. The normalized spacial score (nSPS) is 11.2. The monoisotopic (exact) mass is 288 g/mol. The van der Waals surface area contributed by atoms with Crippen LogP contribution in [0.25, 0.3) is 0 Å². The minimum absolute atomic E-state index is 0.0330. The lowest BCUT2D eigenvalue weighted by atomic mass is 10.1. The van der Waals surface area contributed by atoms with Crippen molar-refractivity contribution in [2.45, 2.75) is 6.92 Å². The zero-order valence-corrected chi connectivity index (χ0v) is 11.2. The second kappa shape index (κ2) is 6.04. The summed E-state index contributed by atoms with van der Waals surface area (Å²) in [5.74, 6) is -1.62. The summed E-state index contributed by atoms with van der Waals surface area (Å²) in [6.45, 7) is 1.62. The number of nitrogens with one attached hydrogen (secondary N) is 1. The molecular weight excluding hydrogens is 275 g/mol. The van der Waals surface area contributed by atoms with E-state index in [2.05, 4.69) is 10.5 Å². The van der Waals surface area contributed by atoms with Gasteiger partial charge >= 0.3 is 0 Å². The highest BCUT2D eigenvalue weighted by atomic mass is 19.1. The van der Waals surface area contributed by atoms with Gasteiger partial charge in [-0.3, -0.25) is 4.79 Å². The quantitative estimate of drug-likeness (QED) is 0.461. The molecule has 21 heavy (non-hydrogen) atoms. The van der Waals surface area contributed by atoms with E-state index in [1.807, 2.05) is 0 Å². The number of anilines is 1. The number of aromatic hydroxyl groups is 1. The van der Waals surface area contributed by atoms with Crippen LogP contribution in [0.3, 0.4) is 0 Å². The molecule has 0 saturated carbocycles. The molecule has 3 N–H and O–H groups in total. The summed E-state index contributed by atoms with van der Waals surface area (Å²) in [4.78, 5) is 12.0. The van der Waals surface area contributed by atoms with Crippen molar-refractivity contribution in [2.24, 2.45) is 5.16 Å². The molecule has 0 atom stereocenters. The van der Waals surface area contributed by atoms with E-state index in [1.54, 1.807) is 31.2 Å². The lowest BCUT2D eigenvalue weighted by molar-refractivity contribution is 0.102. The molecule has 0 aromatic heterocycles. The molecule has 0 aliphatic heterocycles. The molecule has 0 unspecified atom stereocenters. The van der Waals surface area contributed by atoms with Gasteiger partial charge in [0.15, 0.2) is 0 Å². The number of amides is 1. The van der Waals surface area contributed by atoms with Crippen LogP contribution in [-0.2, 0) is 0 Å². The number of hydrogen-bond acceptors (Lipinski definition) is 4. The van der Waals surface area contributed by atoms with Gasteiger partial charge < -0.3 is 15.6 Å². The Morgan fingerprint density at radius 3 is 2.67 bits per heavy atom. The first-order valence-electron chi connectivity index (χ1n) is 6.10. The molecule has 6 heteroatoms. The molecule has 0 bridgehead atoms. The van der Waals surface area contributed by atoms with Crippen LogP contribution in [-0.4, -0.2) is 21.9 Å². The number of phenols is 1. The molecule has 2 aromatic carbocycles. The van der Waals surface area contributed by atoms with Crippen molar-refractivity contribution in [3.63, 3.8) is 0 Å². The molecule has 2 rings (SSSR count). The SMILES string of the molecule is C/C(=N/O)c1cccc(NC(=O)c2ccc(F)cc2O)c1. The van der Waals surface area contributed by atoms with Gasteiger partial charge in [0.1, 0.15) is 11.6 Å². The Balaban J connectivity index is 2.23. The summed E-state index contributed by atoms with van der Waals surface area (Å²) in [5.41, 5.74) is 1.47. The third-order valence-corrected chi connectivity index (χ3v) is 2.89. The average Bonchev–Trinajstić information content (AvgIpc) is 2.46. The molecular formula is C15H13FN2O3. The average molecular weight is 288 g/mol. The van der Waals surface area contributed by atoms with Crippen LogP contribution in [0.15, 0.2) is 47.6 Å². The fraction of sp³-hybridized carbons (Fsp3) is 0.0667. The zero-order valence-electron chi connectivity index (χ0n) is 11.2. The molecule has 0 radical (unpaired) electrons. The fourth-order valence-electron chi connectivity index (χ4n) is 1.77. The number of halogens is 1. The van der Waals surface area contributed by atoms with Crippen molar-refractivity contribution >= 4 is 17.3 Å². The van der Waals surface area contributed by atoms with Gasteiger partial charge in [-0.15, -0.1) is 0 Å². The third-order valence-electron chi connectivity index (χ3n) is 2.89. The molecule has 5 nitrogen and oxygen atoms in total. The molecule has 0 spiro atoms. The van der Waals surface area contributed by atoms with Crippen molar-refractivity contribution in [1.29, 1.82) is 0 Å². The minimum Gasteiger partial charge on any atom is -0.507 e. The van der Waals surface area contributed by atoms with Gasteiger partial charge in [0.2, 0.25) is 0 Å². The van der Waals surface area contributed by atoms with Crippen molar-refractivity contribution < 1.29 is 19.5 Å². The van der Waals surface area contributed by atoms with E-state index < -0.39 is 17.5 Å². The summed E-state index contributed by atoms with van der Waals surface area (Å²) in [6, 6.07) is 9.83. The van der Waals surface area contributed by atoms with E-state index in [0.717, 1.165) is 12.1 Å². The first-order chi connectivity index (χ1) is 10.0. The van der Waals surface area contributed by atoms with Crippen LogP contribution in [0.4, 0.5) is 10.1 Å². The second-order valence-electron chi connectivity index (χ2n) is 4.38. The van der Waals surface area contributed by atoms with Gasteiger partial charge in [-0.05, 0) is 31.2 Å². The Hall–Kier alpha value is -2.89. The highest BCUT2D eigenvalue weighted by Gasteiger charge is 2.12. The summed E-state index contributed by atoms with van der Waals surface area (Å²) >= 11 is 0. The van der Waals surface area contributed by atoms with Crippen LogP contribution in [0.1, 0.15) is 22.8 Å². The molecule has 0 saturated heterocycles. The van der Waals surface area contributed by atoms with Gasteiger partial charge in [0, 0.05) is 17.3 Å². The molecule has 1 amide bonds. The fourth-order valence-corrected chi connectivity index (χ4v) is 1.77. The maximum absolute atomic E-state index is 12.9. The number of rotatable bonds is 3. The zero-order chi connectivity index (χ0) is 15.4. The summed E-state index contributed by atoms with van der Waals surface area (Å²) in [5, 5.41) is 24.0. The lowest BCUT2D eigenvalue weighted by Crippen LogP contribution is -2.12. The van der Waals surface area contributed by atoms with E-state index in [0.29, 0.717) is 17.0 Å². The Morgan fingerprint density at radius 2 is 2.00 bits per heavy atom. The molecule has 0 aliphatic rings. The van der Waals surface area contributed by atoms with Crippen LogP contribution in [0.5, 0.6) is 5.75 Å². The highest BCUT2D eigenvalue weighted by molar-refractivity contribution is 6.07. The summed E-state index contributed by atoms with van der Waals surface area (Å²) in [6.07, 6.45) is 0. The third kappa shape index (κ3) is 3.36. The Morgan fingerprint density at radius 1 is 1.24 bits per heavy atom. The van der Waals surface area contributed by atoms with Crippen LogP contribution >= 0.6 is 0 Å². The van der Waals surface area contributed by atoms with Crippen LogP contribution in [0.2, 0.25) is 0 Å². The largest absolute Gasteiger partial charge is 0.507 e. The van der Waals surface area contributed by atoms with Crippen molar-refractivity contribution in [1.82, 2.24) is 0 Å². The maximum atomic E-state index is 12.9. The van der Waals surface area contributed by atoms with E-state index >= 15 is 0 Å². The van der Waals surface area contributed by atoms with Gasteiger partial charge in [-0.1, -0.05) is 17.3 Å². The topological polar surface area (TPSA) is 81.9 Å². The predicted octanol–water partition coefficient (Wildman–Crippen LogP) is 2.98. The minimum atomic E-state index is -0.624. The predicted molar refractivity (Wildman–Crippen MR) is 76.5 cm³/mol. The van der Waals surface area contributed by atoms with E-state index in [4.69, 9.17) is 5.21 Å². The van der Waals surface area contributed by atoms with Crippen LogP contribution < -0.4 is 5.32 Å². The number of benzene rings is 2. The molecule has 0 fully saturated rings. The smallest absolute Gasteiger partial charge is 0.259 e. The van der Waals surface area contributed by atoms with Crippen molar-refractivity contribution in [3.8, 4) is 5.75 Å². The van der Waals surface area contributed by atoms with E-state index in [1.165, 1.54) is 6.07 Å². The molecule has 0 aliphatic carbocycles. The number of carbonyl (C=O) groups excluding carboxylic acids is 1. The van der Waals surface area contributed by atoms with Crippen molar-refractivity contribution in [2.75, 3.05) is 5.32 Å². The Kier molecular flexibility index (Phi) is 4.18. The van der Waals surface area contributed by atoms with Gasteiger partial charge in [0.25, 0.3) is 5.91 Å². The van der Waals surface area contributed by atoms with Crippen LogP contribution in [0, 0.1) is 5.82 Å². The van der Waals surface area contributed by atoms with E-state index in [9.17, 15) is 14.3 Å². The number of hydrogen-bond donors (Lipinski definition) is 3. The number of carbonyl (C=O) groups is 1. The van der Waals surface area contributed by atoms with Crippen molar-refractivity contribution in [3.05, 3.63) is 59.4 Å². The Labute approximate surface area is 120 Å². The first kappa shape index (κ1) is 14.5. The maximum Gasteiger partial charge on any atom is 0.259 e. The number of phenolic OH excluding ortho intramolecular Hbond substituents is 1. The van der Waals surface area contributed by atoms with Gasteiger partial charge in [-0.2, -0.15) is 0 Å². The highest BCUT2D eigenvalue weighted by Crippen LogP contribution is 2.20.